The Balaban J connectivity index is 1.63. The number of hydrogen-bond donors (Lipinski definition) is 1. The van der Waals surface area contributed by atoms with Crippen molar-refractivity contribution in [3.8, 4) is 0 Å². The molecule has 1 saturated heterocycles. The molecule has 0 bridgehead atoms. The van der Waals surface area contributed by atoms with Crippen molar-refractivity contribution in [3.05, 3.63) is 36.2 Å². The summed E-state index contributed by atoms with van der Waals surface area (Å²) in [5.74, 6) is 0.307. The summed E-state index contributed by atoms with van der Waals surface area (Å²) in [4.78, 5) is 35.0. The molecule has 1 aromatic carbocycles. The van der Waals surface area contributed by atoms with Gasteiger partial charge in [-0.15, -0.1) is 0 Å². The maximum atomic E-state index is 12.8. The molecule has 6 nitrogen and oxygen atoms in total. The van der Waals surface area contributed by atoms with Crippen molar-refractivity contribution >= 4 is 22.8 Å². The van der Waals surface area contributed by atoms with Gasteiger partial charge in [-0.3, -0.25) is 14.6 Å². The van der Waals surface area contributed by atoms with Gasteiger partial charge in [-0.2, -0.15) is 0 Å². The summed E-state index contributed by atoms with van der Waals surface area (Å²) in [5.41, 5.74) is 1.90. The fourth-order valence-corrected chi connectivity index (χ4v) is 3.21. The van der Waals surface area contributed by atoms with Crippen LogP contribution in [0.15, 0.2) is 30.5 Å². The topological polar surface area (TPSA) is 75.2 Å². The molecule has 1 aliphatic heterocycles. The number of hydrogen-bond acceptors (Lipinski definition) is 4. The Bertz CT molecular complexity index is 762. The molecule has 1 fully saturated rings. The third-order valence-corrected chi connectivity index (χ3v) is 4.54. The Morgan fingerprint density at radius 1 is 1.28 bits per heavy atom. The lowest BCUT2D eigenvalue weighted by Crippen LogP contribution is -2.44. The zero-order chi connectivity index (χ0) is 17.6. The van der Waals surface area contributed by atoms with E-state index in [0.29, 0.717) is 31.1 Å². The van der Waals surface area contributed by atoms with E-state index < -0.39 is 0 Å². The number of likely N-dealkylation sites (tertiary alicyclic amines) is 1. The van der Waals surface area contributed by atoms with Gasteiger partial charge in [0, 0.05) is 26.1 Å². The number of amides is 2. The number of nitrogens with zero attached hydrogens (tertiary/aromatic N) is 3. The molecule has 2 heterocycles. The maximum absolute atomic E-state index is 12.8. The molecular weight excluding hydrogens is 316 g/mol. The highest BCUT2D eigenvalue weighted by Crippen LogP contribution is 2.18. The molecule has 0 spiro atoms. The summed E-state index contributed by atoms with van der Waals surface area (Å²) < 4.78 is 0. The fraction of sp³-hybridized carbons (Fsp3) is 0.474. The summed E-state index contributed by atoms with van der Waals surface area (Å²) in [6.07, 6.45) is 4.93. The minimum atomic E-state index is -0.0807. The van der Waals surface area contributed by atoms with Crippen molar-refractivity contribution in [2.24, 2.45) is 5.92 Å². The number of carbonyl (C=O) groups is 2. The first-order chi connectivity index (χ1) is 12.2. The van der Waals surface area contributed by atoms with Crippen LogP contribution in [-0.4, -0.2) is 46.3 Å². The summed E-state index contributed by atoms with van der Waals surface area (Å²) in [6.45, 7) is 4.00. The van der Waals surface area contributed by atoms with E-state index in [4.69, 9.17) is 0 Å². The van der Waals surface area contributed by atoms with E-state index in [2.05, 4.69) is 15.3 Å². The summed E-state index contributed by atoms with van der Waals surface area (Å²) in [6, 6.07) is 7.54. The van der Waals surface area contributed by atoms with Gasteiger partial charge in [-0.05, 0) is 37.3 Å². The van der Waals surface area contributed by atoms with Crippen LogP contribution in [0.25, 0.3) is 11.0 Å². The van der Waals surface area contributed by atoms with Crippen molar-refractivity contribution < 1.29 is 9.59 Å². The lowest BCUT2D eigenvalue weighted by atomic mass is 9.97. The number of fused-ring (bicyclic) bond motifs is 1. The summed E-state index contributed by atoms with van der Waals surface area (Å²) in [7, 11) is 0. The van der Waals surface area contributed by atoms with Gasteiger partial charge in [-0.1, -0.05) is 19.1 Å². The standard InChI is InChI=1S/C19H24N4O2/c1-2-6-18(24)21-11-14-7-5-10-23(13-14)19(25)17-12-20-15-8-3-4-9-16(15)22-17/h3-4,8-9,12,14H,2,5-7,10-11,13H2,1H3,(H,21,24)/t14-/m1/s1. The van der Waals surface area contributed by atoms with Gasteiger partial charge in [0.1, 0.15) is 5.69 Å². The highest BCUT2D eigenvalue weighted by molar-refractivity contribution is 5.93. The maximum Gasteiger partial charge on any atom is 0.274 e. The largest absolute Gasteiger partial charge is 0.356 e. The molecule has 0 unspecified atom stereocenters. The lowest BCUT2D eigenvalue weighted by molar-refractivity contribution is -0.121. The van der Waals surface area contributed by atoms with Crippen LogP contribution >= 0.6 is 0 Å². The van der Waals surface area contributed by atoms with E-state index >= 15 is 0 Å². The molecule has 25 heavy (non-hydrogen) atoms. The number of carbonyl (C=O) groups excluding carboxylic acids is 2. The predicted molar refractivity (Wildman–Crippen MR) is 96.1 cm³/mol. The first kappa shape index (κ1) is 17.3. The van der Waals surface area contributed by atoms with Gasteiger partial charge in [0.05, 0.1) is 17.2 Å². The Labute approximate surface area is 147 Å². The number of aromatic nitrogens is 2. The average molecular weight is 340 g/mol. The SMILES string of the molecule is CCCC(=O)NC[C@H]1CCCN(C(=O)c2cnc3ccccc3n2)C1. The Kier molecular flexibility index (Phi) is 5.58. The van der Waals surface area contributed by atoms with Crippen LogP contribution in [0.2, 0.25) is 0 Å². The second-order valence-corrected chi connectivity index (χ2v) is 6.56. The molecule has 1 N–H and O–H groups in total. The van der Waals surface area contributed by atoms with Crippen molar-refractivity contribution in [3.63, 3.8) is 0 Å². The molecular formula is C19H24N4O2. The first-order valence-corrected chi connectivity index (χ1v) is 8.95. The van der Waals surface area contributed by atoms with Crippen LogP contribution in [0.1, 0.15) is 43.1 Å². The Morgan fingerprint density at radius 3 is 2.88 bits per heavy atom. The third-order valence-electron chi connectivity index (χ3n) is 4.54. The smallest absolute Gasteiger partial charge is 0.274 e. The van der Waals surface area contributed by atoms with Crippen LogP contribution in [-0.2, 0) is 4.79 Å². The molecule has 0 radical (unpaired) electrons. The molecule has 1 aromatic heterocycles. The van der Waals surface area contributed by atoms with Crippen LogP contribution in [0.4, 0.5) is 0 Å². The van der Waals surface area contributed by atoms with Gasteiger partial charge >= 0.3 is 0 Å². The predicted octanol–water partition coefficient (Wildman–Crippen LogP) is 2.40. The van der Waals surface area contributed by atoms with Crippen LogP contribution < -0.4 is 5.32 Å². The minimum absolute atomic E-state index is 0.0807. The van der Waals surface area contributed by atoms with E-state index in [1.165, 1.54) is 0 Å². The second kappa shape index (κ2) is 8.05. The molecule has 2 aromatic rings. The molecule has 1 aliphatic rings. The van der Waals surface area contributed by atoms with E-state index in [9.17, 15) is 9.59 Å². The third kappa shape index (κ3) is 4.32. The van der Waals surface area contributed by atoms with Crippen LogP contribution in [0, 0.1) is 5.92 Å². The van der Waals surface area contributed by atoms with Crippen molar-refractivity contribution in [1.82, 2.24) is 20.2 Å². The highest BCUT2D eigenvalue weighted by Gasteiger charge is 2.25. The zero-order valence-electron chi connectivity index (χ0n) is 14.6. The number of para-hydroxylation sites is 2. The first-order valence-electron chi connectivity index (χ1n) is 8.95. The number of piperidine rings is 1. The summed E-state index contributed by atoms with van der Waals surface area (Å²) >= 11 is 0. The minimum Gasteiger partial charge on any atom is -0.356 e. The fourth-order valence-electron chi connectivity index (χ4n) is 3.21. The molecule has 132 valence electrons. The van der Waals surface area contributed by atoms with E-state index in [0.717, 1.165) is 36.8 Å². The van der Waals surface area contributed by atoms with E-state index in [1.807, 2.05) is 36.1 Å². The van der Waals surface area contributed by atoms with Crippen molar-refractivity contribution in [2.45, 2.75) is 32.6 Å². The summed E-state index contributed by atoms with van der Waals surface area (Å²) in [5, 5.41) is 2.97. The monoisotopic (exact) mass is 340 g/mol. The number of rotatable bonds is 5. The van der Waals surface area contributed by atoms with Crippen molar-refractivity contribution in [1.29, 1.82) is 0 Å². The molecule has 2 amide bonds. The van der Waals surface area contributed by atoms with E-state index in [-0.39, 0.29) is 11.8 Å². The number of nitrogens with one attached hydrogen (secondary N) is 1. The van der Waals surface area contributed by atoms with Crippen molar-refractivity contribution in [2.75, 3.05) is 19.6 Å². The lowest BCUT2D eigenvalue weighted by Gasteiger charge is -2.32. The van der Waals surface area contributed by atoms with Gasteiger partial charge in [0.25, 0.3) is 5.91 Å². The van der Waals surface area contributed by atoms with E-state index in [1.54, 1.807) is 6.20 Å². The zero-order valence-corrected chi connectivity index (χ0v) is 14.6. The van der Waals surface area contributed by atoms with Gasteiger partial charge in [-0.25, -0.2) is 4.98 Å². The molecule has 3 rings (SSSR count). The Morgan fingerprint density at radius 2 is 2.08 bits per heavy atom. The highest BCUT2D eigenvalue weighted by atomic mass is 16.2. The quantitative estimate of drug-likeness (QED) is 0.907. The Hall–Kier alpha value is -2.50. The normalized spacial score (nSPS) is 17.5. The van der Waals surface area contributed by atoms with Gasteiger partial charge < -0.3 is 10.2 Å². The van der Waals surface area contributed by atoms with Crippen LogP contribution in [0.3, 0.4) is 0 Å². The molecule has 0 aliphatic carbocycles. The molecule has 1 atom stereocenters. The van der Waals surface area contributed by atoms with Gasteiger partial charge in [0.2, 0.25) is 5.91 Å². The molecule has 0 saturated carbocycles. The second-order valence-electron chi connectivity index (χ2n) is 6.56. The number of benzene rings is 1. The van der Waals surface area contributed by atoms with Gasteiger partial charge in [0.15, 0.2) is 0 Å². The molecule has 6 heteroatoms. The van der Waals surface area contributed by atoms with Crippen LogP contribution in [0.5, 0.6) is 0 Å². The average Bonchev–Trinajstić information content (AvgIpc) is 2.66.